The highest BCUT2D eigenvalue weighted by Gasteiger charge is 2.49. The number of fused-ring (bicyclic) bond motifs is 8. The first-order valence-corrected chi connectivity index (χ1v) is 38.9. The van der Waals surface area contributed by atoms with Gasteiger partial charge in [0.2, 0.25) is 13.4 Å². The van der Waals surface area contributed by atoms with Crippen molar-refractivity contribution in [2.24, 2.45) is 0 Å². The predicted octanol–water partition coefficient (Wildman–Crippen LogP) is 23.7. The second-order valence-electron chi connectivity index (χ2n) is 34.5. The SMILES string of the molecule is CC(C)(C)c1ccc(-c2cc3c4c(c2)N(c2c(-c5ccccc5)cccc2-c2ccccc2)c2cc(C(C)(C)C)ccc2B4c2cc4c(c(C(C)(C)C)c2S3)Sc2cc(-c3ccc(C(C)(C)C)cc3)cc3c2B4c2ccc(C(C)(C)C)cc2N3c2c(-c3ccccc3)cccc2-c2ccccc2)cc1. The van der Waals surface area contributed by atoms with Crippen molar-refractivity contribution in [2.75, 3.05) is 9.80 Å². The monoisotopic (exact) mass is 1380 g/mol. The highest BCUT2D eigenvalue weighted by atomic mass is 32.2. The summed E-state index contributed by atoms with van der Waals surface area (Å²) >= 11 is 4.04. The van der Waals surface area contributed by atoms with Crippen LogP contribution in [0.1, 0.15) is 132 Å². The maximum atomic E-state index is 2.75. The molecule has 0 radical (unpaired) electrons. The summed E-state index contributed by atoms with van der Waals surface area (Å²) in [6.45, 7) is 35.4. The van der Waals surface area contributed by atoms with E-state index in [1.807, 2.05) is 23.5 Å². The van der Waals surface area contributed by atoms with E-state index < -0.39 is 0 Å². The van der Waals surface area contributed by atoms with Crippen molar-refractivity contribution in [2.45, 2.75) is 151 Å². The lowest BCUT2D eigenvalue weighted by Gasteiger charge is -2.46. The molecule has 0 aromatic heterocycles. The Hall–Kier alpha value is -9.71. The Morgan fingerprint density at radius 2 is 0.548 bits per heavy atom. The summed E-state index contributed by atoms with van der Waals surface area (Å²) in [6.07, 6.45) is 0. The lowest BCUT2D eigenvalue weighted by atomic mass is 9.31. The van der Waals surface area contributed by atoms with Crippen LogP contribution < -0.4 is 42.6 Å². The summed E-state index contributed by atoms with van der Waals surface area (Å²) in [4.78, 5) is 10.8. The van der Waals surface area contributed by atoms with Gasteiger partial charge in [-0.15, -0.1) is 0 Å². The molecule has 0 N–H and O–H groups in total. The third-order valence-electron chi connectivity index (χ3n) is 22.3. The van der Waals surface area contributed by atoms with E-state index in [2.05, 4.69) is 387 Å². The highest BCUT2D eigenvalue weighted by molar-refractivity contribution is 8.01. The number of anilines is 6. The summed E-state index contributed by atoms with van der Waals surface area (Å²) in [7, 11) is 0. The number of rotatable bonds is 8. The third-order valence-corrected chi connectivity index (χ3v) is 24.7. The Morgan fingerprint density at radius 3 is 0.846 bits per heavy atom. The molecule has 0 saturated carbocycles. The first kappa shape index (κ1) is 67.5. The third kappa shape index (κ3) is 11.5. The van der Waals surface area contributed by atoms with Crippen LogP contribution in [-0.2, 0) is 27.1 Å². The van der Waals surface area contributed by atoms with Gasteiger partial charge in [-0.2, -0.15) is 0 Å². The summed E-state index contributed by atoms with van der Waals surface area (Å²) in [5, 5.41) is 0. The van der Waals surface area contributed by atoms with E-state index in [4.69, 9.17) is 0 Å². The van der Waals surface area contributed by atoms with Gasteiger partial charge < -0.3 is 9.80 Å². The Kier molecular flexibility index (Phi) is 16.2. The molecule has 0 aliphatic carbocycles. The van der Waals surface area contributed by atoms with E-state index in [0.29, 0.717) is 0 Å². The van der Waals surface area contributed by atoms with Crippen molar-refractivity contribution >= 4 is 104 Å². The zero-order valence-electron chi connectivity index (χ0n) is 62.8. The minimum Gasteiger partial charge on any atom is -0.310 e. The van der Waals surface area contributed by atoms with E-state index in [-0.39, 0.29) is 40.5 Å². The molecule has 0 amide bonds. The maximum Gasteiger partial charge on any atom is 0.249 e. The molecular formula is C98H90B2N2S2. The molecule has 0 bridgehead atoms. The molecule has 4 aliphatic heterocycles. The molecule has 13 aromatic rings. The molecule has 0 fully saturated rings. The second kappa shape index (κ2) is 25.0. The summed E-state index contributed by atoms with van der Waals surface area (Å²) in [5.41, 5.74) is 35.8. The van der Waals surface area contributed by atoms with Gasteiger partial charge in [-0.3, -0.25) is 0 Å². The van der Waals surface area contributed by atoms with Crippen LogP contribution in [0.3, 0.4) is 0 Å². The molecule has 13 aromatic carbocycles. The number of para-hydroxylation sites is 2. The molecule has 510 valence electrons. The molecule has 104 heavy (non-hydrogen) atoms. The Morgan fingerprint density at radius 1 is 0.240 bits per heavy atom. The van der Waals surface area contributed by atoms with Gasteiger partial charge in [0.1, 0.15) is 0 Å². The first-order valence-electron chi connectivity index (χ1n) is 37.3. The number of hydrogen-bond acceptors (Lipinski definition) is 4. The fourth-order valence-corrected chi connectivity index (χ4v) is 20.0. The van der Waals surface area contributed by atoms with Crippen molar-refractivity contribution in [3.8, 4) is 66.8 Å². The van der Waals surface area contributed by atoms with Gasteiger partial charge in [-0.25, -0.2) is 0 Å². The normalized spacial score (nSPS) is 13.8. The van der Waals surface area contributed by atoms with Crippen molar-refractivity contribution in [3.05, 3.63) is 301 Å². The fraction of sp³-hybridized carbons (Fsp3) is 0.204. The van der Waals surface area contributed by atoms with Gasteiger partial charge in [-0.1, -0.05) is 375 Å². The molecule has 4 heterocycles. The molecule has 2 nitrogen and oxygen atoms in total. The second-order valence-corrected chi connectivity index (χ2v) is 36.6. The number of benzene rings is 13. The van der Waals surface area contributed by atoms with Crippen LogP contribution in [0, 0.1) is 0 Å². The zero-order chi connectivity index (χ0) is 72.1. The summed E-state index contributed by atoms with van der Waals surface area (Å²) in [6, 6.07) is 106. The van der Waals surface area contributed by atoms with Crippen molar-refractivity contribution < 1.29 is 0 Å². The van der Waals surface area contributed by atoms with Crippen LogP contribution in [0.15, 0.2) is 293 Å². The standard InChI is InChI=1S/C98H90B2N2S2/c1-94(2,3)69-46-42-61(43-47-69)67-54-83-88-85(56-67)103-92-79(99(88)77-52-50-71(96(7,8)9)58-81(77)101(83)90-73(63-30-20-16-21-31-63)38-28-39-74(90)64-32-22-17-23-33-64)60-80-93(87(92)98(13,14)15)104-86-57-68(62-44-48-70(49-45-62)95(4,5)6)55-84-89(86)100(80)78-53-51-72(97(10,11)12)59-82(78)102(84)91-75(65-34-24-18-25-35-65)40-29-41-76(91)66-36-26-19-27-37-66/h16-60H,1-15H3. The summed E-state index contributed by atoms with van der Waals surface area (Å²) in [5.74, 6) is 0. The Labute approximate surface area is 627 Å². The Balaban J connectivity index is 0.985. The topological polar surface area (TPSA) is 6.48 Å². The summed E-state index contributed by atoms with van der Waals surface area (Å²) < 4.78 is 0. The van der Waals surface area contributed by atoms with E-state index in [0.717, 1.165) is 0 Å². The Bertz CT molecular complexity index is 5100. The number of hydrogen-bond donors (Lipinski definition) is 0. The predicted molar refractivity (Wildman–Crippen MR) is 452 cm³/mol. The molecule has 0 saturated heterocycles. The van der Waals surface area contributed by atoms with E-state index in [9.17, 15) is 0 Å². The van der Waals surface area contributed by atoms with Crippen molar-refractivity contribution in [1.29, 1.82) is 0 Å². The van der Waals surface area contributed by atoms with Crippen molar-refractivity contribution in [1.82, 2.24) is 0 Å². The largest absolute Gasteiger partial charge is 0.310 e. The van der Waals surface area contributed by atoms with Gasteiger partial charge >= 0.3 is 0 Å². The lowest BCUT2D eigenvalue weighted by molar-refractivity contribution is 0.567. The highest BCUT2D eigenvalue weighted by Crippen LogP contribution is 2.56. The van der Waals surface area contributed by atoms with Gasteiger partial charge in [0.05, 0.1) is 11.4 Å². The molecule has 0 atom stereocenters. The van der Waals surface area contributed by atoms with Gasteiger partial charge in [0.15, 0.2) is 0 Å². The zero-order valence-corrected chi connectivity index (χ0v) is 64.5. The van der Waals surface area contributed by atoms with E-state index in [1.54, 1.807) is 0 Å². The molecule has 17 rings (SSSR count). The van der Waals surface area contributed by atoms with E-state index >= 15 is 0 Å². The van der Waals surface area contributed by atoms with Crippen LogP contribution in [0.5, 0.6) is 0 Å². The quantitative estimate of drug-likeness (QED) is 0.140. The lowest BCUT2D eigenvalue weighted by Crippen LogP contribution is -2.64. The van der Waals surface area contributed by atoms with Crippen LogP contribution in [-0.4, -0.2) is 13.4 Å². The van der Waals surface area contributed by atoms with Crippen LogP contribution in [0.4, 0.5) is 34.1 Å². The molecule has 0 spiro atoms. The van der Waals surface area contributed by atoms with Crippen LogP contribution in [0.25, 0.3) is 66.8 Å². The van der Waals surface area contributed by atoms with Crippen LogP contribution >= 0.6 is 23.5 Å². The minimum atomic E-state index is -0.297. The molecule has 6 heteroatoms. The van der Waals surface area contributed by atoms with Crippen molar-refractivity contribution in [3.63, 3.8) is 0 Å². The molecule has 0 unspecified atom stereocenters. The van der Waals surface area contributed by atoms with Gasteiger partial charge in [-0.05, 0) is 158 Å². The minimum absolute atomic E-state index is 0.00340. The molecular weight excluding hydrogens is 1290 g/mol. The fourth-order valence-electron chi connectivity index (χ4n) is 16.8. The smallest absolute Gasteiger partial charge is 0.249 e. The number of nitrogens with zero attached hydrogens (tertiary/aromatic N) is 2. The van der Waals surface area contributed by atoms with Gasteiger partial charge in [0, 0.05) is 64.6 Å². The van der Waals surface area contributed by atoms with Gasteiger partial charge in [0.25, 0.3) is 0 Å². The average molecular weight is 1380 g/mol. The maximum absolute atomic E-state index is 2.75. The van der Waals surface area contributed by atoms with Crippen LogP contribution in [0.2, 0.25) is 0 Å². The van der Waals surface area contributed by atoms with E-state index in [1.165, 1.54) is 181 Å². The first-order chi connectivity index (χ1) is 49.8. The average Bonchev–Trinajstić information content (AvgIpc) is 0.692. The molecule has 4 aliphatic rings.